The fourth-order valence-electron chi connectivity index (χ4n) is 2.97. The molecule has 5 nitrogen and oxygen atoms in total. The standard InChI is InChI=1S/C19H23ClF3NO4/c1-18(2,12-4-3-5-13(20)10-12)16(25)28-15-8-6-14(7-9-15)24-17(26)27-11-19(21,22)23/h3-5,10,14-15H,6-9,11H2,1-2H3,(H,24,26). The number of nitrogens with one attached hydrogen (secondary N) is 1. The van der Waals surface area contributed by atoms with E-state index in [1.807, 2.05) is 0 Å². The summed E-state index contributed by atoms with van der Waals surface area (Å²) in [4.78, 5) is 24.0. The molecule has 0 aliphatic heterocycles. The van der Waals surface area contributed by atoms with Gasteiger partial charge in [-0.1, -0.05) is 23.7 Å². The maximum atomic E-state index is 12.6. The molecule has 0 bridgehead atoms. The number of hydrogen-bond donors (Lipinski definition) is 1. The third-order valence-corrected chi connectivity index (χ3v) is 4.93. The van der Waals surface area contributed by atoms with E-state index in [0.29, 0.717) is 30.7 Å². The highest BCUT2D eigenvalue weighted by atomic mass is 35.5. The average molecular weight is 422 g/mol. The van der Waals surface area contributed by atoms with Crippen LogP contribution in [0, 0.1) is 0 Å². The summed E-state index contributed by atoms with van der Waals surface area (Å²) < 4.78 is 45.9. The van der Waals surface area contributed by atoms with Gasteiger partial charge in [0.15, 0.2) is 6.61 Å². The molecular weight excluding hydrogens is 399 g/mol. The lowest BCUT2D eigenvalue weighted by Crippen LogP contribution is -2.42. The molecule has 0 atom stereocenters. The molecule has 28 heavy (non-hydrogen) atoms. The number of hydrogen-bond acceptors (Lipinski definition) is 4. The second-order valence-corrected chi connectivity index (χ2v) is 7.79. The molecule has 0 heterocycles. The highest BCUT2D eigenvalue weighted by molar-refractivity contribution is 6.30. The lowest BCUT2D eigenvalue weighted by atomic mass is 9.84. The third kappa shape index (κ3) is 6.58. The third-order valence-electron chi connectivity index (χ3n) is 4.69. The van der Waals surface area contributed by atoms with Crippen LogP contribution < -0.4 is 5.32 Å². The molecule has 1 amide bonds. The summed E-state index contributed by atoms with van der Waals surface area (Å²) in [7, 11) is 0. The van der Waals surface area contributed by atoms with Gasteiger partial charge < -0.3 is 14.8 Å². The zero-order chi connectivity index (χ0) is 20.9. The van der Waals surface area contributed by atoms with Crippen molar-refractivity contribution in [3.05, 3.63) is 34.9 Å². The van der Waals surface area contributed by atoms with Crippen molar-refractivity contribution in [2.24, 2.45) is 0 Å². The molecule has 1 aliphatic carbocycles. The second-order valence-electron chi connectivity index (χ2n) is 7.35. The number of carbonyl (C=O) groups excluding carboxylic acids is 2. The van der Waals surface area contributed by atoms with E-state index in [2.05, 4.69) is 10.1 Å². The lowest BCUT2D eigenvalue weighted by molar-refractivity contribution is -0.160. The molecule has 0 aromatic heterocycles. The van der Waals surface area contributed by atoms with Crippen molar-refractivity contribution in [2.45, 2.75) is 63.3 Å². The highest BCUT2D eigenvalue weighted by Crippen LogP contribution is 2.30. The molecule has 0 spiro atoms. The van der Waals surface area contributed by atoms with E-state index in [1.54, 1.807) is 38.1 Å². The Morgan fingerprint density at radius 3 is 2.39 bits per heavy atom. The number of amides is 1. The van der Waals surface area contributed by atoms with Gasteiger partial charge in [0.25, 0.3) is 0 Å². The van der Waals surface area contributed by atoms with Gasteiger partial charge in [0, 0.05) is 11.1 Å². The van der Waals surface area contributed by atoms with Crippen LogP contribution in [-0.2, 0) is 19.7 Å². The Kier molecular flexibility index (Phi) is 7.20. The van der Waals surface area contributed by atoms with Crippen molar-refractivity contribution < 1.29 is 32.2 Å². The number of halogens is 4. The Hall–Kier alpha value is -1.96. The molecule has 0 radical (unpaired) electrons. The van der Waals surface area contributed by atoms with Gasteiger partial charge in [0.05, 0.1) is 5.41 Å². The summed E-state index contributed by atoms with van der Waals surface area (Å²) in [5.41, 5.74) is -0.130. The first kappa shape index (κ1) is 22.3. The Balaban J connectivity index is 1.80. The van der Waals surface area contributed by atoms with Crippen LogP contribution in [0.5, 0.6) is 0 Å². The molecular formula is C19H23ClF3NO4. The van der Waals surface area contributed by atoms with E-state index in [1.165, 1.54) is 0 Å². The highest BCUT2D eigenvalue weighted by Gasteiger charge is 2.35. The minimum Gasteiger partial charge on any atom is -0.462 e. The molecule has 1 fully saturated rings. The van der Waals surface area contributed by atoms with Crippen molar-refractivity contribution in [3.8, 4) is 0 Å². The summed E-state index contributed by atoms with van der Waals surface area (Å²) in [6.07, 6.45) is -4.00. The fraction of sp³-hybridized carbons (Fsp3) is 0.579. The van der Waals surface area contributed by atoms with E-state index in [9.17, 15) is 22.8 Å². The van der Waals surface area contributed by atoms with Gasteiger partial charge in [-0.25, -0.2) is 4.79 Å². The van der Waals surface area contributed by atoms with Gasteiger partial charge in [-0.05, 0) is 57.2 Å². The molecule has 0 saturated heterocycles. The predicted molar refractivity (Wildman–Crippen MR) is 97.2 cm³/mol. The van der Waals surface area contributed by atoms with Crippen molar-refractivity contribution in [2.75, 3.05) is 6.61 Å². The minimum absolute atomic E-state index is 0.309. The smallest absolute Gasteiger partial charge is 0.422 e. The van der Waals surface area contributed by atoms with Gasteiger partial charge in [-0.15, -0.1) is 0 Å². The summed E-state index contributed by atoms with van der Waals surface area (Å²) in [5.74, 6) is -0.379. The second kappa shape index (κ2) is 9.03. The number of benzene rings is 1. The zero-order valence-electron chi connectivity index (χ0n) is 15.6. The van der Waals surface area contributed by atoms with E-state index in [0.717, 1.165) is 5.56 Å². The largest absolute Gasteiger partial charge is 0.462 e. The number of alkyl halides is 3. The predicted octanol–water partition coefficient (Wildman–Crippen LogP) is 4.76. The molecule has 0 unspecified atom stereocenters. The van der Waals surface area contributed by atoms with Crippen LogP contribution in [0.2, 0.25) is 5.02 Å². The number of ether oxygens (including phenoxy) is 2. The molecule has 1 aliphatic rings. The monoisotopic (exact) mass is 421 g/mol. The van der Waals surface area contributed by atoms with Crippen molar-refractivity contribution in [3.63, 3.8) is 0 Å². The quantitative estimate of drug-likeness (QED) is 0.696. The molecule has 1 aromatic rings. The van der Waals surface area contributed by atoms with E-state index in [4.69, 9.17) is 16.3 Å². The van der Waals surface area contributed by atoms with Crippen LogP contribution in [-0.4, -0.2) is 37.0 Å². The van der Waals surface area contributed by atoms with E-state index >= 15 is 0 Å². The van der Waals surface area contributed by atoms with Crippen molar-refractivity contribution >= 4 is 23.7 Å². The summed E-state index contributed by atoms with van der Waals surface area (Å²) in [6.45, 7) is 1.89. The number of carbonyl (C=O) groups is 2. The number of alkyl carbamates (subject to hydrolysis) is 1. The van der Waals surface area contributed by atoms with E-state index in [-0.39, 0.29) is 18.1 Å². The molecule has 1 aromatic carbocycles. The van der Waals surface area contributed by atoms with Crippen LogP contribution in [0.15, 0.2) is 24.3 Å². The number of rotatable bonds is 5. The Morgan fingerprint density at radius 1 is 1.18 bits per heavy atom. The Bertz CT molecular complexity index is 701. The van der Waals surface area contributed by atoms with Crippen LogP contribution >= 0.6 is 11.6 Å². The minimum atomic E-state index is -4.56. The Morgan fingerprint density at radius 2 is 1.82 bits per heavy atom. The van der Waals surface area contributed by atoms with Gasteiger partial charge in [0.2, 0.25) is 0 Å². The van der Waals surface area contributed by atoms with Gasteiger partial charge in [0.1, 0.15) is 6.10 Å². The number of esters is 1. The SMILES string of the molecule is CC(C)(C(=O)OC1CCC(NC(=O)OCC(F)(F)F)CC1)c1cccc(Cl)c1. The normalized spacial score (nSPS) is 20.4. The van der Waals surface area contributed by atoms with Crippen molar-refractivity contribution in [1.82, 2.24) is 5.32 Å². The van der Waals surface area contributed by atoms with Crippen LogP contribution in [0.4, 0.5) is 18.0 Å². The molecule has 156 valence electrons. The van der Waals surface area contributed by atoms with Gasteiger partial charge in [-0.2, -0.15) is 13.2 Å². The van der Waals surface area contributed by atoms with Gasteiger partial charge in [-0.3, -0.25) is 4.79 Å². The van der Waals surface area contributed by atoms with Crippen LogP contribution in [0.25, 0.3) is 0 Å². The molecule has 1 saturated carbocycles. The summed E-state index contributed by atoms with van der Waals surface area (Å²) >= 11 is 5.99. The van der Waals surface area contributed by atoms with Crippen LogP contribution in [0.3, 0.4) is 0 Å². The average Bonchev–Trinajstić information content (AvgIpc) is 2.61. The van der Waals surface area contributed by atoms with Crippen molar-refractivity contribution in [1.29, 1.82) is 0 Å². The Labute approximate surface area is 166 Å². The molecule has 9 heteroatoms. The maximum absolute atomic E-state index is 12.6. The molecule has 1 N–H and O–H groups in total. The fourth-order valence-corrected chi connectivity index (χ4v) is 3.16. The maximum Gasteiger partial charge on any atom is 0.422 e. The van der Waals surface area contributed by atoms with E-state index < -0.39 is 24.3 Å². The summed E-state index contributed by atoms with van der Waals surface area (Å²) in [6, 6.07) is 6.70. The summed E-state index contributed by atoms with van der Waals surface area (Å²) in [5, 5.41) is 2.94. The van der Waals surface area contributed by atoms with Crippen LogP contribution in [0.1, 0.15) is 45.1 Å². The first-order valence-corrected chi connectivity index (χ1v) is 9.32. The first-order chi connectivity index (χ1) is 13.0. The van der Waals surface area contributed by atoms with Gasteiger partial charge >= 0.3 is 18.2 Å². The first-order valence-electron chi connectivity index (χ1n) is 8.94. The molecule has 2 rings (SSSR count). The topological polar surface area (TPSA) is 64.6 Å². The lowest BCUT2D eigenvalue weighted by Gasteiger charge is -2.31. The zero-order valence-corrected chi connectivity index (χ0v) is 16.4.